The molecule has 4 aromatic rings. The summed E-state index contributed by atoms with van der Waals surface area (Å²) in [6.45, 7) is 7.80. The number of rotatable bonds is 8. The normalized spacial score (nSPS) is 12.2. The van der Waals surface area contributed by atoms with Crippen molar-refractivity contribution < 1.29 is 19.0 Å². The summed E-state index contributed by atoms with van der Waals surface area (Å²) < 4.78 is 19.2. The Morgan fingerprint density at radius 2 is 1.73 bits per heavy atom. The first-order valence-corrected chi connectivity index (χ1v) is 14.7. The Hall–Kier alpha value is -3.00. The number of hydrogen-bond acceptors (Lipinski definition) is 7. The van der Waals surface area contributed by atoms with Crippen LogP contribution in [0.25, 0.3) is 22.3 Å². The fourth-order valence-corrected chi connectivity index (χ4v) is 6.32. The second-order valence-electron chi connectivity index (χ2n) is 9.47. The number of halogens is 2. The summed E-state index contributed by atoms with van der Waals surface area (Å²) in [5, 5.41) is 5.11. The lowest BCUT2D eigenvalue weighted by Crippen LogP contribution is -2.25. The second-order valence-corrected chi connectivity index (χ2v) is 11.8. The molecular formula is C30H29I2N3O5. The van der Waals surface area contributed by atoms with Crippen LogP contribution in [0.4, 0.5) is 0 Å². The average Bonchev–Trinajstić information content (AvgIpc) is 2.93. The van der Waals surface area contributed by atoms with Gasteiger partial charge in [0.2, 0.25) is 0 Å². The monoisotopic (exact) mass is 765 g/mol. The third kappa shape index (κ3) is 6.17. The number of benzene rings is 3. The molecule has 10 heteroatoms. The Bertz CT molecular complexity index is 1660. The molecule has 3 aromatic carbocycles. The van der Waals surface area contributed by atoms with E-state index in [9.17, 15) is 9.59 Å². The molecule has 0 amide bonds. The van der Waals surface area contributed by atoms with Gasteiger partial charge in [0.1, 0.15) is 11.5 Å². The van der Waals surface area contributed by atoms with Gasteiger partial charge in [-0.3, -0.25) is 4.79 Å². The van der Waals surface area contributed by atoms with Crippen molar-refractivity contribution in [2.24, 2.45) is 5.10 Å². The Balaban J connectivity index is 1.86. The summed E-state index contributed by atoms with van der Waals surface area (Å²) in [7, 11) is 2.98. The summed E-state index contributed by atoms with van der Waals surface area (Å²) in [5.41, 5.74) is 3.82. The molecule has 0 spiro atoms. The molecule has 1 aromatic heterocycles. The number of methoxy groups -OCH3 is 2. The molecule has 0 aliphatic rings. The standard InChI is InChI=1S/C30H29I2N3O5/c1-16(2)21-14-22(17(3)11-26(21)38-5)28-34-25-10-8-7-9-20(25)29(36)35(28)33-15-19-12-23(31)27(24(32)13-19)40-18(4)30(37)39-6/h7-16,18H,1-6H3/t18-/m0/s1. The third-order valence-corrected chi connectivity index (χ3v) is 7.97. The van der Waals surface area contributed by atoms with Crippen LogP contribution in [0, 0.1) is 14.1 Å². The van der Waals surface area contributed by atoms with Crippen molar-refractivity contribution >= 4 is 68.3 Å². The summed E-state index contributed by atoms with van der Waals surface area (Å²) in [6.07, 6.45) is 0.876. The summed E-state index contributed by atoms with van der Waals surface area (Å²) >= 11 is 4.31. The molecule has 40 heavy (non-hydrogen) atoms. The summed E-state index contributed by atoms with van der Waals surface area (Å²) in [4.78, 5) is 30.4. The van der Waals surface area contributed by atoms with Crippen LogP contribution in [0.1, 0.15) is 43.4 Å². The molecule has 0 N–H and O–H groups in total. The van der Waals surface area contributed by atoms with E-state index in [-0.39, 0.29) is 11.5 Å². The number of esters is 1. The first-order valence-electron chi connectivity index (χ1n) is 12.5. The predicted molar refractivity (Wildman–Crippen MR) is 174 cm³/mol. The smallest absolute Gasteiger partial charge is 0.346 e. The maximum atomic E-state index is 13.7. The van der Waals surface area contributed by atoms with E-state index in [1.165, 1.54) is 11.8 Å². The largest absolute Gasteiger partial charge is 0.496 e. The Morgan fingerprint density at radius 1 is 1.05 bits per heavy atom. The maximum Gasteiger partial charge on any atom is 0.346 e. The van der Waals surface area contributed by atoms with Gasteiger partial charge in [-0.25, -0.2) is 9.78 Å². The fourth-order valence-electron chi connectivity index (χ4n) is 4.25. The van der Waals surface area contributed by atoms with E-state index in [0.717, 1.165) is 35.1 Å². The van der Waals surface area contributed by atoms with Gasteiger partial charge < -0.3 is 14.2 Å². The number of nitrogens with zero attached hydrogens (tertiary/aromatic N) is 3. The number of aromatic nitrogens is 2. The lowest BCUT2D eigenvalue weighted by atomic mass is 9.96. The van der Waals surface area contributed by atoms with Crippen molar-refractivity contribution in [1.29, 1.82) is 0 Å². The van der Waals surface area contributed by atoms with E-state index < -0.39 is 12.1 Å². The van der Waals surface area contributed by atoms with Gasteiger partial charge >= 0.3 is 5.97 Å². The predicted octanol–water partition coefficient (Wildman–Crippen LogP) is 6.54. The number of fused-ring (bicyclic) bond motifs is 1. The first kappa shape index (κ1) is 30.0. The lowest BCUT2D eigenvalue weighted by molar-refractivity contribution is -0.147. The van der Waals surface area contributed by atoms with E-state index in [1.54, 1.807) is 26.3 Å². The lowest BCUT2D eigenvalue weighted by Gasteiger charge is -2.17. The Kier molecular flexibility index (Phi) is 9.49. The van der Waals surface area contributed by atoms with Crippen LogP contribution in [-0.2, 0) is 9.53 Å². The molecule has 0 saturated heterocycles. The molecule has 8 nitrogen and oxygen atoms in total. The molecule has 0 saturated carbocycles. The van der Waals surface area contributed by atoms with Crippen LogP contribution in [-0.4, -0.2) is 42.2 Å². The molecule has 4 rings (SSSR count). The van der Waals surface area contributed by atoms with Crippen molar-refractivity contribution in [3.05, 3.63) is 82.7 Å². The van der Waals surface area contributed by atoms with Gasteiger partial charge in [-0.05, 0) is 118 Å². The average molecular weight is 765 g/mol. The van der Waals surface area contributed by atoms with E-state index in [0.29, 0.717) is 22.5 Å². The van der Waals surface area contributed by atoms with Crippen molar-refractivity contribution in [3.8, 4) is 22.9 Å². The highest BCUT2D eigenvalue weighted by Gasteiger charge is 2.20. The minimum atomic E-state index is -0.750. The number of aryl methyl sites for hydroxylation is 1. The molecule has 0 aliphatic heterocycles. The molecule has 0 unspecified atom stereocenters. The van der Waals surface area contributed by atoms with Crippen LogP contribution in [0.5, 0.6) is 11.5 Å². The van der Waals surface area contributed by atoms with Crippen LogP contribution in [0.3, 0.4) is 0 Å². The first-order chi connectivity index (χ1) is 19.0. The number of ether oxygens (including phenoxy) is 3. The minimum Gasteiger partial charge on any atom is -0.496 e. The molecular weight excluding hydrogens is 736 g/mol. The van der Waals surface area contributed by atoms with Crippen LogP contribution in [0.2, 0.25) is 0 Å². The maximum absolute atomic E-state index is 13.7. The molecule has 1 atom stereocenters. The van der Waals surface area contributed by atoms with E-state index in [2.05, 4.69) is 64.1 Å². The van der Waals surface area contributed by atoms with Gasteiger partial charge in [0, 0.05) is 5.56 Å². The third-order valence-electron chi connectivity index (χ3n) is 6.36. The highest BCUT2D eigenvalue weighted by atomic mass is 127. The van der Waals surface area contributed by atoms with Gasteiger partial charge in [-0.1, -0.05) is 26.0 Å². The highest BCUT2D eigenvalue weighted by molar-refractivity contribution is 14.1. The second kappa shape index (κ2) is 12.7. The zero-order valence-electron chi connectivity index (χ0n) is 23.0. The Morgan fingerprint density at radius 3 is 2.35 bits per heavy atom. The van der Waals surface area contributed by atoms with Crippen molar-refractivity contribution in [2.75, 3.05) is 14.2 Å². The number of carbonyl (C=O) groups excluding carboxylic acids is 1. The fraction of sp³-hybridized carbons (Fsp3) is 0.267. The molecule has 0 fully saturated rings. The van der Waals surface area contributed by atoms with Crippen molar-refractivity contribution in [2.45, 2.75) is 39.7 Å². The number of para-hydroxylation sites is 1. The molecule has 208 valence electrons. The molecule has 1 heterocycles. The van der Waals surface area contributed by atoms with Crippen LogP contribution >= 0.6 is 45.2 Å². The Labute approximate surface area is 260 Å². The molecule has 0 aliphatic carbocycles. The van der Waals surface area contributed by atoms with Gasteiger partial charge in [0.25, 0.3) is 5.56 Å². The van der Waals surface area contributed by atoms with Crippen LogP contribution in [0.15, 0.2) is 58.4 Å². The van der Waals surface area contributed by atoms with Crippen molar-refractivity contribution in [1.82, 2.24) is 9.66 Å². The van der Waals surface area contributed by atoms with Crippen LogP contribution < -0.4 is 15.0 Å². The number of hydrogen-bond donors (Lipinski definition) is 0. The van der Waals surface area contributed by atoms with Gasteiger partial charge in [-0.15, -0.1) is 0 Å². The highest BCUT2D eigenvalue weighted by Crippen LogP contribution is 2.34. The number of carbonyl (C=O) groups is 1. The summed E-state index contributed by atoms with van der Waals surface area (Å²) in [6, 6.07) is 15.0. The summed E-state index contributed by atoms with van der Waals surface area (Å²) in [5.74, 6) is 1.56. The SMILES string of the molecule is COC(=O)[C@H](C)Oc1c(I)cc(C=Nn2c(-c3cc(C(C)C)c(OC)cc3C)nc3ccccc3c2=O)cc1I. The van der Waals surface area contributed by atoms with Gasteiger partial charge in [0.15, 0.2) is 11.9 Å². The topological polar surface area (TPSA) is 92.0 Å². The van der Waals surface area contributed by atoms with Crippen molar-refractivity contribution in [3.63, 3.8) is 0 Å². The molecule has 0 bridgehead atoms. The molecule has 0 radical (unpaired) electrons. The van der Waals surface area contributed by atoms with Gasteiger partial charge in [-0.2, -0.15) is 9.78 Å². The minimum absolute atomic E-state index is 0.199. The van der Waals surface area contributed by atoms with E-state index in [1.807, 2.05) is 49.4 Å². The zero-order valence-corrected chi connectivity index (χ0v) is 27.3. The quantitative estimate of drug-likeness (QED) is 0.115. The van der Waals surface area contributed by atoms with E-state index in [4.69, 9.17) is 19.2 Å². The zero-order chi connectivity index (χ0) is 29.1. The van der Waals surface area contributed by atoms with E-state index >= 15 is 0 Å². The van der Waals surface area contributed by atoms with Gasteiger partial charge in [0.05, 0.1) is 38.5 Å².